The molecule has 2 rings (SSSR count). The Labute approximate surface area is 118 Å². The summed E-state index contributed by atoms with van der Waals surface area (Å²) in [7, 11) is 4.37. The maximum Gasteiger partial charge on any atom is 0.0685 e. The summed E-state index contributed by atoms with van der Waals surface area (Å²) >= 11 is 0. The van der Waals surface area contributed by atoms with Gasteiger partial charge in [-0.1, -0.05) is 13.8 Å². The maximum atomic E-state index is 6.75. The first kappa shape index (κ1) is 15.3. The van der Waals surface area contributed by atoms with Crippen molar-refractivity contribution in [3.8, 4) is 0 Å². The van der Waals surface area contributed by atoms with Crippen molar-refractivity contribution in [1.29, 1.82) is 0 Å². The smallest absolute Gasteiger partial charge is 0.0685 e. The van der Waals surface area contributed by atoms with Gasteiger partial charge in [0.1, 0.15) is 0 Å². The third kappa shape index (κ3) is 2.57. The number of nitrogens with two attached hydrogens (primary N) is 1. The van der Waals surface area contributed by atoms with E-state index in [4.69, 9.17) is 10.5 Å². The Morgan fingerprint density at radius 1 is 1.32 bits per heavy atom. The third-order valence-corrected chi connectivity index (χ3v) is 6.04. The van der Waals surface area contributed by atoms with Crippen LogP contribution in [0, 0.1) is 5.92 Å². The molecule has 1 heterocycles. The van der Waals surface area contributed by atoms with Gasteiger partial charge in [-0.05, 0) is 65.0 Å². The molecule has 2 fully saturated rings. The molecule has 1 spiro atoms. The van der Waals surface area contributed by atoms with Crippen LogP contribution < -0.4 is 5.73 Å². The van der Waals surface area contributed by atoms with E-state index in [0.717, 1.165) is 25.9 Å². The van der Waals surface area contributed by atoms with Gasteiger partial charge in [-0.2, -0.15) is 0 Å². The van der Waals surface area contributed by atoms with Crippen LogP contribution in [0.15, 0.2) is 0 Å². The Hall–Kier alpha value is -0.120. The predicted octanol–water partition coefficient (Wildman–Crippen LogP) is 2.78. The van der Waals surface area contributed by atoms with Gasteiger partial charge in [0.15, 0.2) is 0 Å². The lowest BCUT2D eigenvalue weighted by atomic mass is 9.66. The van der Waals surface area contributed by atoms with E-state index >= 15 is 0 Å². The van der Waals surface area contributed by atoms with Crippen molar-refractivity contribution >= 4 is 0 Å². The summed E-state index contributed by atoms with van der Waals surface area (Å²) in [5, 5.41) is 0. The van der Waals surface area contributed by atoms with Gasteiger partial charge < -0.3 is 15.4 Å². The average molecular weight is 268 g/mol. The van der Waals surface area contributed by atoms with E-state index in [1.807, 2.05) is 0 Å². The predicted molar refractivity (Wildman–Crippen MR) is 80.2 cm³/mol. The number of ether oxygens (including phenoxy) is 1. The van der Waals surface area contributed by atoms with Crippen molar-refractivity contribution in [3.63, 3.8) is 0 Å². The van der Waals surface area contributed by atoms with Crippen LogP contribution in [0.3, 0.4) is 0 Å². The largest absolute Gasteiger partial charge is 0.375 e. The molecule has 2 aliphatic rings. The van der Waals surface area contributed by atoms with E-state index in [0.29, 0.717) is 5.92 Å². The monoisotopic (exact) mass is 268 g/mol. The highest BCUT2D eigenvalue weighted by Crippen LogP contribution is 2.46. The zero-order valence-corrected chi connectivity index (χ0v) is 13.2. The molecule has 0 amide bonds. The Morgan fingerprint density at radius 2 is 1.95 bits per heavy atom. The number of rotatable bonds is 5. The Balaban J connectivity index is 2.10. The van der Waals surface area contributed by atoms with Gasteiger partial charge in [0.2, 0.25) is 0 Å². The molecule has 3 heteroatoms. The number of hydrogen-bond acceptors (Lipinski definition) is 3. The van der Waals surface area contributed by atoms with E-state index < -0.39 is 0 Å². The summed E-state index contributed by atoms with van der Waals surface area (Å²) in [5.41, 5.74) is 7.11. The fourth-order valence-electron chi connectivity index (χ4n) is 4.38. The third-order valence-electron chi connectivity index (χ3n) is 6.04. The van der Waals surface area contributed by atoms with Crippen molar-refractivity contribution in [2.45, 2.75) is 76.0 Å². The number of nitrogens with zero attached hydrogens (tertiary/aromatic N) is 1. The molecular weight excluding hydrogens is 236 g/mol. The second-order valence-corrected chi connectivity index (χ2v) is 6.87. The van der Waals surface area contributed by atoms with Crippen LogP contribution in [-0.2, 0) is 4.74 Å². The van der Waals surface area contributed by atoms with Crippen molar-refractivity contribution in [1.82, 2.24) is 4.90 Å². The first-order chi connectivity index (χ1) is 8.99. The van der Waals surface area contributed by atoms with Gasteiger partial charge in [-0.15, -0.1) is 0 Å². The molecule has 1 saturated heterocycles. The summed E-state index contributed by atoms with van der Waals surface area (Å²) in [6.07, 6.45) is 8.42. The van der Waals surface area contributed by atoms with Gasteiger partial charge in [0, 0.05) is 18.2 Å². The average Bonchev–Trinajstić information content (AvgIpc) is 2.38. The van der Waals surface area contributed by atoms with Crippen molar-refractivity contribution in [2.24, 2.45) is 11.7 Å². The minimum atomic E-state index is 0.146. The van der Waals surface area contributed by atoms with Gasteiger partial charge in [-0.3, -0.25) is 0 Å². The fraction of sp³-hybridized carbons (Fsp3) is 1.00. The van der Waals surface area contributed by atoms with Crippen LogP contribution >= 0.6 is 0 Å². The molecule has 2 atom stereocenters. The minimum absolute atomic E-state index is 0.146. The van der Waals surface area contributed by atoms with Gasteiger partial charge in [0.05, 0.1) is 5.60 Å². The summed E-state index contributed by atoms with van der Waals surface area (Å²) in [5.74, 6) is 0.622. The zero-order valence-electron chi connectivity index (χ0n) is 13.2. The molecule has 1 saturated carbocycles. The fourth-order valence-corrected chi connectivity index (χ4v) is 4.38. The van der Waals surface area contributed by atoms with Crippen LogP contribution in [0.1, 0.15) is 58.8 Å². The van der Waals surface area contributed by atoms with Crippen molar-refractivity contribution < 1.29 is 4.74 Å². The first-order valence-electron chi connectivity index (χ1n) is 8.06. The van der Waals surface area contributed by atoms with Gasteiger partial charge in [0.25, 0.3) is 0 Å². The van der Waals surface area contributed by atoms with E-state index in [1.165, 1.54) is 25.7 Å². The Kier molecular flexibility index (Phi) is 4.59. The number of likely N-dealkylation sites (N-methyl/N-ethyl adjacent to an activating group) is 1. The Morgan fingerprint density at radius 3 is 2.37 bits per heavy atom. The van der Waals surface area contributed by atoms with Crippen LogP contribution in [0.2, 0.25) is 0 Å². The van der Waals surface area contributed by atoms with E-state index in [9.17, 15) is 0 Å². The molecule has 0 aromatic carbocycles. The van der Waals surface area contributed by atoms with Crippen LogP contribution in [0.4, 0.5) is 0 Å². The normalized spacial score (nSPS) is 28.4. The summed E-state index contributed by atoms with van der Waals surface area (Å²) < 4.78 is 6.05. The van der Waals surface area contributed by atoms with E-state index in [1.54, 1.807) is 0 Å². The van der Waals surface area contributed by atoms with Crippen LogP contribution in [0.5, 0.6) is 0 Å². The molecule has 0 bridgehead atoms. The number of hydrogen-bond donors (Lipinski definition) is 1. The zero-order chi connectivity index (χ0) is 14.1. The molecular formula is C16H32N2O. The van der Waals surface area contributed by atoms with Gasteiger partial charge >= 0.3 is 0 Å². The van der Waals surface area contributed by atoms with Crippen LogP contribution in [0.25, 0.3) is 0 Å². The lowest BCUT2D eigenvalue weighted by Gasteiger charge is -2.53. The molecule has 2 N–H and O–H groups in total. The lowest BCUT2D eigenvalue weighted by Crippen LogP contribution is -2.62. The SMILES string of the molecule is CCC(CC)(C(N)C1CCOC2(CCC2)C1)N(C)C. The van der Waals surface area contributed by atoms with Crippen molar-refractivity contribution in [2.75, 3.05) is 20.7 Å². The van der Waals surface area contributed by atoms with E-state index in [2.05, 4.69) is 32.8 Å². The Bertz CT molecular complexity index is 295. The molecule has 1 aliphatic heterocycles. The first-order valence-corrected chi connectivity index (χ1v) is 8.06. The van der Waals surface area contributed by atoms with E-state index in [-0.39, 0.29) is 17.2 Å². The van der Waals surface area contributed by atoms with Crippen LogP contribution in [-0.4, -0.2) is 42.8 Å². The molecule has 3 nitrogen and oxygen atoms in total. The minimum Gasteiger partial charge on any atom is -0.375 e. The van der Waals surface area contributed by atoms with Gasteiger partial charge in [-0.25, -0.2) is 0 Å². The highest BCUT2D eigenvalue weighted by molar-refractivity contribution is 5.03. The second kappa shape index (κ2) is 5.71. The lowest BCUT2D eigenvalue weighted by molar-refractivity contribution is -0.151. The topological polar surface area (TPSA) is 38.5 Å². The molecule has 0 aromatic heterocycles. The maximum absolute atomic E-state index is 6.75. The summed E-state index contributed by atoms with van der Waals surface area (Å²) in [4.78, 5) is 2.36. The molecule has 19 heavy (non-hydrogen) atoms. The highest BCUT2D eigenvalue weighted by Gasteiger charge is 2.47. The molecule has 2 unspecified atom stereocenters. The molecule has 1 aliphatic carbocycles. The molecule has 112 valence electrons. The highest BCUT2D eigenvalue weighted by atomic mass is 16.5. The molecule has 0 radical (unpaired) electrons. The molecule has 0 aromatic rings. The quantitative estimate of drug-likeness (QED) is 0.833. The second-order valence-electron chi connectivity index (χ2n) is 6.87. The standard InChI is InChI=1S/C16H32N2O/c1-5-16(6-2,18(3)4)14(17)13-8-11-19-15(12-13)9-7-10-15/h13-14H,5-12,17H2,1-4H3. The summed E-state index contributed by atoms with van der Waals surface area (Å²) in [6, 6.07) is 0.263. The van der Waals surface area contributed by atoms with Crippen molar-refractivity contribution in [3.05, 3.63) is 0 Å². The summed E-state index contributed by atoms with van der Waals surface area (Å²) in [6.45, 7) is 5.47.